The van der Waals surface area contributed by atoms with Gasteiger partial charge < -0.3 is 40.8 Å². The Kier molecular flexibility index (Phi) is 25.6. The van der Waals surface area contributed by atoms with Gasteiger partial charge in [0.15, 0.2) is 0 Å². The molecular weight excluding hydrogens is 641 g/mol. The Hall–Kier alpha value is -0.660. The molecule has 13 heteroatoms. The fraction of sp³-hybridized carbons (Fsp3) is 0.971. The van der Waals surface area contributed by atoms with Crippen LogP contribution in [0.25, 0.3) is 0 Å². The normalized spacial score (nSPS) is 25.4. The molecule has 6 unspecified atom stereocenters. The van der Waals surface area contributed by atoms with Crippen molar-refractivity contribution in [3.8, 4) is 0 Å². The SMILES string of the molecule is CCCCCCCCCCCCCCCC[C@@H](O)[C@H](COP(=O)(O)OC1C(O)C(O)C(O)[C@@H](O)C1O)NC(=O)CCCCCCCCC. The summed E-state index contributed by atoms with van der Waals surface area (Å²) in [6.45, 7) is 3.80. The smallest absolute Gasteiger partial charge is 0.391 e. The predicted octanol–water partition coefficient (Wildman–Crippen LogP) is 5.16. The molecule has 1 saturated carbocycles. The Morgan fingerprint density at radius 3 is 1.44 bits per heavy atom. The molecule has 0 aliphatic heterocycles. The lowest BCUT2D eigenvalue weighted by Gasteiger charge is -2.41. The molecule has 0 aromatic carbocycles. The van der Waals surface area contributed by atoms with Gasteiger partial charge >= 0.3 is 7.82 Å². The monoisotopic (exact) mass is 711 g/mol. The molecule has 1 aliphatic carbocycles. The van der Waals surface area contributed by atoms with E-state index >= 15 is 0 Å². The lowest BCUT2D eigenvalue weighted by atomic mass is 9.85. The highest BCUT2D eigenvalue weighted by Gasteiger charge is 2.51. The Morgan fingerprint density at radius 2 is 1.00 bits per heavy atom. The summed E-state index contributed by atoms with van der Waals surface area (Å²) in [5, 5.41) is 63.6. The minimum atomic E-state index is -5.03. The number of aliphatic hydroxyl groups excluding tert-OH is 6. The molecule has 0 spiro atoms. The van der Waals surface area contributed by atoms with Crippen LogP contribution in [0.2, 0.25) is 0 Å². The van der Waals surface area contributed by atoms with Gasteiger partial charge in [0.25, 0.3) is 0 Å². The topological polar surface area (TPSA) is 206 Å². The van der Waals surface area contributed by atoms with Crippen molar-refractivity contribution in [2.75, 3.05) is 6.61 Å². The van der Waals surface area contributed by atoms with Crippen molar-refractivity contribution in [1.82, 2.24) is 5.32 Å². The van der Waals surface area contributed by atoms with Crippen LogP contribution in [0.5, 0.6) is 0 Å². The number of aliphatic hydroxyl groups is 6. The average Bonchev–Trinajstić information content (AvgIpc) is 3.06. The minimum Gasteiger partial charge on any atom is -0.391 e. The number of hydrogen-bond acceptors (Lipinski definition) is 10. The summed E-state index contributed by atoms with van der Waals surface area (Å²) in [7, 11) is -5.03. The molecule has 286 valence electrons. The summed E-state index contributed by atoms with van der Waals surface area (Å²) in [6, 6.07) is -1.02. The summed E-state index contributed by atoms with van der Waals surface area (Å²) in [5.41, 5.74) is 0. The van der Waals surface area contributed by atoms with E-state index < -0.39 is 63.2 Å². The molecule has 0 bridgehead atoms. The first-order chi connectivity index (χ1) is 22.9. The molecule has 8 N–H and O–H groups in total. The van der Waals surface area contributed by atoms with Gasteiger partial charge in [-0.1, -0.05) is 142 Å². The molecule has 1 aliphatic rings. The van der Waals surface area contributed by atoms with E-state index in [1.54, 1.807) is 0 Å². The molecule has 1 rings (SSSR count). The highest BCUT2D eigenvalue weighted by atomic mass is 31.2. The van der Waals surface area contributed by atoms with E-state index in [4.69, 9.17) is 9.05 Å². The fourth-order valence-corrected chi connectivity index (χ4v) is 7.17. The zero-order valence-corrected chi connectivity index (χ0v) is 30.7. The predicted molar refractivity (Wildman–Crippen MR) is 186 cm³/mol. The van der Waals surface area contributed by atoms with E-state index in [1.165, 1.54) is 77.0 Å². The summed E-state index contributed by atoms with van der Waals surface area (Å²) in [5.74, 6) is -0.316. The number of carbonyl (C=O) groups is 1. The van der Waals surface area contributed by atoms with Crippen LogP contribution < -0.4 is 5.32 Å². The summed E-state index contributed by atoms with van der Waals surface area (Å²) < 4.78 is 22.7. The fourth-order valence-electron chi connectivity index (χ4n) is 6.20. The largest absolute Gasteiger partial charge is 0.472 e. The molecule has 0 saturated heterocycles. The summed E-state index contributed by atoms with van der Waals surface area (Å²) in [4.78, 5) is 23.1. The van der Waals surface area contributed by atoms with Crippen molar-refractivity contribution in [3.05, 3.63) is 0 Å². The zero-order valence-electron chi connectivity index (χ0n) is 29.8. The van der Waals surface area contributed by atoms with E-state index in [0.29, 0.717) is 19.3 Å². The standard InChI is InChI=1S/C35H70NO11P/c1-3-5-7-9-11-12-13-14-15-16-17-19-20-22-24-28(37)27(36-29(38)25-23-21-18-10-8-6-4-2)26-46-48(44,45)47-35-33(42)31(40)30(39)32(41)34(35)43/h27-28,30-35,37,39-43H,3-26H2,1-2H3,(H,36,38)(H,44,45)/t27-,28+,30?,31+,32?,33?,34?,35?/m0/s1. The van der Waals surface area contributed by atoms with Gasteiger partial charge in [-0.05, 0) is 12.8 Å². The lowest BCUT2D eigenvalue weighted by Crippen LogP contribution is -2.64. The van der Waals surface area contributed by atoms with E-state index in [1.807, 2.05) is 0 Å². The molecule has 1 amide bonds. The third-order valence-electron chi connectivity index (χ3n) is 9.42. The minimum absolute atomic E-state index is 0.238. The number of hydrogen-bond donors (Lipinski definition) is 8. The van der Waals surface area contributed by atoms with Crippen molar-refractivity contribution < 1.29 is 53.9 Å². The van der Waals surface area contributed by atoms with E-state index in [9.17, 15) is 44.9 Å². The van der Waals surface area contributed by atoms with Crippen LogP contribution in [0.1, 0.15) is 162 Å². The van der Waals surface area contributed by atoms with Gasteiger partial charge in [-0.3, -0.25) is 13.8 Å². The molecule has 48 heavy (non-hydrogen) atoms. The second-order valence-corrected chi connectivity index (χ2v) is 15.2. The molecule has 0 aromatic rings. The molecule has 12 nitrogen and oxygen atoms in total. The molecular formula is C35H70NO11P. The van der Waals surface area contributed by atoms with E-state index in [2.05, 4.69) is 19.2 Å². The van der Waals surface area contributed by atoms with Crippen LogP contribution in [0.15, 0.2) is 0 Å². The first-order valence-corrected chi connectivity index (χ1v) is 20.5. The van der Waals surface area contributed by atoms with Crippen LogP contribution in [-0.2, 0) is 18.4 Å². The van der Waals surface area contributed by atoms with Gasteiger partial charge in [0, 0.05) is 6.42 Å². The maximum atomic E-state index is 12.8. The third kappa shape index (κ3) is 19.7. The van der Waals surface area contributed by atoms with Crippen molar-refractivity contribution in [2.24, 2.45) is 0 Å². The highest BCUT2D eigenvalue weighted by Crippen LogP contribution is 2.47. The van der Waals surface area contributed by atoms with Crippen LogP contribution in [-0.4, -0.2) is 96.8 Å². The van der Waals surface area contributed by atoms with E-state index in [0.717, 1.165) is 44.9 Å². The van der Waals surface area contributed by atoms with Crippen LogP contribution in [0.3, 0.4) is 0 Å². The van der Waals surface area contributed by atoms with E-state index in [-0.39, 0.29) is 12.3 Å². The first kappa shape index (κ1) is 45.4. The first-order valence-electron chi connectivity index (χ1n) is 19.0. The maximum Gasteiger partial charge on any atom is 0.472 e. The number of phosphoric acid groups is 1. The second-order valence-electron chi connectivity index (χ2n) is 13.8. The average molecular weight is 712 g/mol. The Labute approximate surface area is 289 Å². The number of nitrogens with one attached hydrogen (secondary N) is 1. The van der Waals surface area contributed by atoms with Crippen LogP contribution in [0.4, 0.5) is 0 Å². The lowest BCUT2D eigenvalue weighted by molar-refractivity contribution is -0.220. The number of amides is 1. The second kappa shape index (κ2) is 27.1. The van der Waals surface area contributed by atoms with Gasteiger partial charge in [-0.2, -0.15) is 0 Å². The molecule has 0 aromatic heterocycles. The Bertz CT molecular complexity index is 837. The molecule has 0 radical (unpaired) electrons. The Balaban J connectivity index is 2.54. The van der Waals surface area contributed by atoms with Gasteiger partial charge in [0.05, 0.1) is 18.8 Å². The van der Waals surface area contributed by atoms with Crippen molar-refractivity contribution in [1.29, 1.82) is 0 Å². The van der Waals surface area contributed by atoms with Gasteiger partial charge in [0.1, 0.15) is 36.6 Å². The molecule has 9 atom stereocenters. The molecule has 1 fully saturated rings. The Morgan fingerprint density at radius 1 is 0.625 bits per heavy atom. The third-order valence-corrected chi connectivity index (χ3v) is 10.4. The van der Waals surface area contributed by atoms with Crippen molar-refractivity contribution >= 4 is 13.7 Å². The number of phosphoric ester groups is 1. The van der Waals surface area contributed by atoms with Crippen LogP contribution in [0, 0.1) is 0 Å². The number of carbonyl (C=O) groups excluding carboxylic acids is 1. The van der Waals surface area contributed by atoms with Crippen molar-refractivity contribution in [2.45, 2.75) is 210 Å². The van der Waals surface area contributed by atoms with Crippen molar-refractivity contribution in [3.63, 3.8) is 0 Å². The number of unbranched alkanes of at least 4 members (excludes halogenated alkanes) is 19. The quantitative estimate of drug-likeness (QED) is 0.0361. The van der Waals surface area contributed by atoms with Gasteiger partial charge in [0.2, 0.25) is 5.91 Å². The summed E-state index contributed by atoms with van der Waals surface area (Å²) >= 11 is 0. The highest BCUT2D eigenvalue weighted by molar-refractivity contribution is 7.47. The zero-order chi connectivity index (χ0) is 35.8. The maximum absolute atomic E-state index is 12.8. The molecule has 0 heterocycles. The van der Waals surface area contributed by atoms with Crippen LogP contribution >= 0.6 is 7.82 Å². The van der Waals surface area contributed by atoms with Gasteiger partial charge in [-0.15, -0.1) is 0 Å². The van der Waals surface area contributed by atoms with Gasteiger partial charge in [-0.25, -0.2) is 4.57 Å². The number of rotatable bonds is 30. The summed E-state index contributed by atoms with van der Waals surface area (Å²) in [6.07, 6.45) is 11.8.